The van der Waals surface area contributed by atoms with Gasteiger partial charge in [0.2, 0.25) is 0 Å². The molecule has 0 bridgehead atoms. The molecular formula is C13H16Cl2N4O. The summed E-state index contributed by atoms with van der Waals surface area (Å²) in [5, 5.41) is 5.39. The highest BCUT2D eigenvalue weighted by Crippen LogP contribution is 2.32. The summed E-state index contributed by atoms with van der Waals surface area (Å²) in [4.78, 5) is 0. The van der Waals surface area contributed by atoms with Crippen LogP contribution in [-0.2, 0) is 13.5 Å². The predicted molar refractivity (Wildman–Crippen MR) is 80.0 cm³/mol. The molecule has 1 heterocycles. The summed E-state index contributed by atoms with van der Waals surface area (Å²) >= 11 is 12.4. The van der Waals surface area contributed by atoms with E-state index in [1.165, 1.54) is 0 Å². The molecule has 2 rings (SSSR count). The highest BCUT2D eigenvalue weighted by Gasteiger charge is 2.22. The van der Waals surface area contributed by atoms with Crippen molar-refractivity contribution in [3.63, 3.8) is 0 Å². The lowest BCUT2D eigenvalue weighted by Crippen LogP contribution is -2.31. The van der Waals surface area contributed by atoms with Gasteiger partial charge in [0.1, 0.15) is 0 Å². The molecule has 0 saturated carbocycles. The fourth-order valence-corrected chi connectivity index (χ4v) is 2.70. The van der Waals surface area contributed by atoms with Crippen LogP contribution in [0.3, 0.4) is 0 Å². The Kier molecular flexibility index (Phi) is 4.88. The van der Waals surface area contributed by atoms with Crippen LogP contribution in [0.4, 0.5) is 0 Å². The van der Waals surface area contributed by atoms with Crippen LogP contribution in [0, 0.1) is 0 Å². The number of nitrogens with one attached hydrogen (secondary N) is 1. The van der Waals surface area contributed by atoms with Crippen molar-refractivity contribution >= 4 is 23.2 Å². The number of hydrogen-bond acceptors (Lipinski definition) is 4. The number of methoxy groups -OCH3 is 1. The van der Waals surface area contributed by atoms with Gasteiger partial charge in [0.05, 0.1) is 25.0 Å². The summed E-state index contributed by atoms with van der Waals surface area (Å²) in [6.45, 7) is 0. The first-order valence-electron chi connectivity index (χ1n) is 6.03. The van der Waals surface area contributed by atoms with Crippen molar-refractivity contribution < 1.29 is 4.74 Å². The Labute approximate surface area is 127 Å². The van der Waals surface area contributed by atoms with Gasteiger partial charge in [0, 0.05) is 17.1 Å². The Morgan fingerprint density at radius 1 is 1.40 bits per heavy atom. The molecule has 108 valence electrons. The van der Waals surface area contributed by atoms with Crippen LogP contribution in [0.15, 0.2) is 24.4 Å². The Balaban J connectivity index is 2.36. The number of rotatable bonds is 5. The zero-order valence-electron chi connectivity index (χ0n) is 11.2. The molecule has 1 atom stereocenters. The maximum absolute atomic E-state index is 6.20. The molecule has 1 aromatic heterocycles. The number of nitrogens with two attached hydrogens (primary N) is 1. The first kappa shape index (κ1) is 15.1. The van der Waals surface area contributed by atoms with Crippen molar-refractivity contribution in [2.75, 3.05) is 7.11 Å². The zero-order valence-corrected chi connectivity index (χ0v) is 12.7. The van der Waals surface area contributed by atoms with Gasteiger partial charge in [-0.2, -0.15) is 5.10 Å². The van der Waals surface area contributed by atoms with Crippen LogP contribution >= 0.6 is 23.2 Å². The van der Waals surface area contributed by atoms with E-state index >= 15 is 0 Å². The predicted octanol–water partition coefficient (Wildman–Crippen LogP) is 2.48. The molecule has 1 unspecified atom stereocenters. The normalized spacial score (nSPS) is 12.4. The molecular weight excluding hydrogens is 299 g/mol. The van der Waals surface area contributed by atoms with E-state index in [1.54, 1.807) is 30.1 Å². The third-order valence-corrected chi connectivity index (χ3v) is 3.88. The SMILES string of the molecule is COc1cnn(C)c1C(Cc1c(Cl)cccc1Cl)NN. The highest BCUT2D eigenvalue weighted by molar-refractivity contribution is 6.36. The Hall–Kier alpha value is -1.27. The molecule has 1 aromatic carbocycles. The quantitative estimate of drug-likeness (QED) is 0.657. The molecule has 5 nitrogen and oxygen atoms in total. The number of nitrogens with zero attached hydrogens (tertiary/aromatic N) is 2. The number of aryl methyl sites for hydroxylation is 1. The van der Waals surface area contributed by atoms with Gasteiger partial charge in [-0.3, -0.25) is 16.0 Å². The molecule has 0 spiro atoms. The molecule has 20 heavy (non-hydrogen) atoms. The van der Waals surface area contributed by atoms with Gasteiger partial charge in [-0.15, -0.1) is 0 Å². The van der Waals surface area contributed by atoms with Gasteiger partial charge in [0.15, 0.2) is 5.75 Å². The number of benzene rings is 1. The van der Waals surface area contributed by atoms with Crippen LogP contribution in [-0.4, -0.2) is 16.9 Å². The third kappa shape index (κ3) is 2.91. The number of hydrogen-bond donors (Lipinski definition) is 2. The van der Waals surface area contributed by atoms with Gasteiger partial charge in [0.25, 0.3) is 0 Å². The second-order valence-corrected chi connectivity index (χ2v) is 5.16. The first-order chi connectivity index (χ1) is 9.58. The van der Waals surface area contributed by atoms with E-state index in [4.69, 9.17) is 33.8 Å². The van der Waals surface area contributed by atoms with Crippen molar-refractivity contribution in [3.05, 3.63) is 45.7 Å². The summed E-state index contributed by atoms with van der Waals surface area (Å²) in [7, 11) is 3.42. The fourth-order valence-electron chi connectivity index (χ4n) is 2.15. The van der Waals surface area contributed by atoms with Crippen LogP contribution in [0.5, 0.6) is 5.75 Å². The topological polar surface area (TPSA) is 65.1 Å². The zero-order chi connectivity index (χ0) is 14.7. The molecule has 2 aromatic rings. The minimum Gasteiger partial charge on any atom is -0.493 e. The molecule has 0 aliphatic carbocycles. The Morgan fingerprint density at radius 2 is 2.05 bits per heavy atom. The maximum Gasteiger partial charge on any atom is 0.161 e. The largest absolute Gasteiger partial charge is 0.493 e. The van der Waals surface area contributed by atoms with Crippen molar-refractivity contribution in [1.82, 2.24) is 15.2 Å². The average molecular weight is 315 g/mol. The molecule has 0 aliphatic rings. The van der Waals surface area contributed by atoms with Crippen LogP contribution < -0.4 is 16.0 Å². The van der Waals surface area contributed by atoms with E-state index in [-0.39, 0.29) is 6.04 Å². The van der Waals surface area contributed by atoms with Crippen molar-refractivity contribution in [2.24, 2.45) is 12.9 Å². The third-order valence-electron chi connectivity index (χ3n) is 3.17. The van der Waals surface area contributed by atoms with Crippen LogP contribution in [0.1, 0.15) is 17.3 Å². The molecule has 0 fully saturated rings. The second-order valence-electron chi connectivity index (χ2n) is 4.35. The lowest BCUT2D eigenvalue weighted by Gasteiger charge is -2.19. The van der Waals surface area contributed by atoms with Gasteiger partial charge in [-0.25, -0.2) is 0 Å². The molecule has 3 N–H and O–H groups in total. The second kappa shape index (κ2) is 6.45. The van der Waals surface area contributed by atoms with E-state index in [9.17, 15) is 0 Å². The van der Waals surface area contributed by atoms with Gasteiger partial charge in [-0.05, 0) is 24.1 Å². The smallest absolute Gasteiger partial charge is 0.161 e. The van der Waals surface area contributed by atoms with E-state index in [1.807, 2.05) is 13.1 Å². The van der Waals surface area contributed by atoms with E-state index < -0.39 is 0 Å². The summed E-state index contributed by atoms with van der Waals surface area (Å²) < 4.78 is 7.02. The summed E-state index contributed by atoms with van der Waals surface area (Å²) in [6.07, 6.45) is 2.18. The number of halogens is 2. The lowest BCUT2D eigenvalue weighted by molar-refractivity contribution is 0.394. The van der Waals surface area contributed by atoms with Crippen LogP contribution in [0.2, 0.25) is 10.0 Å². The summed E-state index contributed by atoms with van der Waals surface area (Å²) in [5.74, 6) is 6.34. The van der Waals surface area contributed by atoms with E-state index in [0.29, 0.717) is 22.2 Å². The minimum atomic E-state index is -0.213. The molecule has 0 saturated heterocycles. The Morgan fingerprint density at radius 3 is 2.60 bits per heavy atom. The number of aromatic nitrogens is 2. The van der Waals surface area contributed by atoms with Gasteiger partial charge in [-0.1, -0.05) is 29.3 Å². The van der Waals surface area contributed by atoms with Crippen molar-refractivity contribution in [1.29, 1.82) is 0 Å². The first-order valence-corrected chi connectivity index (χ1v) is 6.79. The molecule has 0 amide bonds. The van der Waals surface area contributed by atoms with Gasteiger partial charge >= 0.3 is 0 Å². The van der Waals surface area contributed by atoms with Crippen molar-refractivity contribution in [2.45, 2.75) is 12.5 Å². The molecule has 0 radical (unpaired) electrons. The monoisotopic (exact) mass is 314 g/mol. The Bertz CT molecular complexity index is 580. The van der Waals surface area contributed by atoms with E-state index in [0.717, 1.165) is 11.3 Å². The summed E-state index contributed by atoms with van der Waals surface area (Å²) in [6, 6.07) is 5.20. The summed E-state index contributed by atoms with van der Waals surface area (Å²) in [5.41, 5.74) is 4.44. The average Bonchev–Trinajstić information content (AvgIpc) is 2.80. The lowest BCUT2D eigenvalue weighted by atomic mass is 10.0. The fraction of sp³-hybridized carbons (Fsp3) is 0.308. The number of ether oxygens (including phenoxy) is 1. The number of hydrazine groups is 1. The standard InChI is InChI=1S/C13H16Cl2N4O/c1-19-13(12(20-2)7-17-19)11(18-16)6-8-9(14)4-3-5-10(8)15/h3-5,7,11,18H,6,16H2,1-2H3. The maximum atomic E-state index is 6.20. The van der Waals surface area contributed by atoms with Crippen LogP contribution in [0.25, 0.3) is 0 Å². The molecule has 0 aliphatic heterocycles. The minimum absolute atomic E-state index is 0.213. The van der Waals surface area contributed by atoms with E-state index in [2.05, 4.69) is 10.5 Å². The van der Waals surface area contributed by atoms with Crippen molar-refractivity contribution in [3.8, 4) is 5.75 Å². The molecule has 7 heteroatoms. The van der Waals surface area contributed by atoms with Gasteiger partial charge < -0.3 is 4.74 Å². The highest BCUT2D eigenvalue weighted by atomic mass is 35.5.